The molecule has 0 aromatic rings. The number of hydrogen-bond donors (Lipinski definition) is 0. The van der Waals surface area contributed by atoms with Gasteiger partial charge in [0.1, 0.15) is 0 Å². The first kappa shape index (κ1) is 17.7. The van der Waals surface area contributed by atoms with Crippen molar-refractivity contribution in [2.24, 2.45) is 22.7 Å². The SMILES string of the molecule is C[C@@H]1CCC[C@@]2(OCCO1)[C@H](C)CC[C@H]1C(C)(C)CCC[C@@]12C. The average Bonchev–Trinajstić information content (AvgIpc) is 2.56. The second kappa shape index (κ2) is 6.33. The summed E-state index contributed by atoms with van der Waals surface area (Å²) >= 11 is 0. The van der Waals surface area contributed by atoms with Crippen molar-refractivity contribution in [2.75, 3.05) is 13.2 Å². The Kier molecular flexibility index (Phi) is 4.88. The van der Waals surface area contributed by atoms with Crippen LogP contribution in [0, 0.1) is 22.7 Å². The van der Waals surface area contributed by atoms with Crippen molar-refractivity contribution in [3.8, 4) is 0 Å². The van der Waals surface area contributed by atoms with Crippen molar-refractivity contribution >= 4 is 0 Å². The molecule has 2 saturated carbocycles. The molecule has 1 saturated heterocycles. The predicted octanol–water partition coefficient (Wildman–Crippen LogP) is 5.59. The Morgan fingerprint density at radius 3 is 2.39 bits per heavy atom. The van der Waals surface area contributed by atoms with Gasteiger partial charge in [-0.2, -0.15) is 0 Å². The van der Waals surface area contributed by atoms with Gasteiger partial charge >= 0.3 is 0 Å². The molecule has 1 aliphatic heterocycles. The quantitative estimate of drug-likeness (QED) is 0.578. The van der Waals surface area contributed by atoms with E-state index in [1.54, 1.807) is 0 Å². The molecule has 0 amide bonds. The Morgan fingerprint density at radius 2 is 1.61 bits per heavy atom. The maximum absolute atomic E-state index is 6.79. The number of ether oxygens (including phenoxy) is 2. The van der Waals surface area contributed by atoms with E-state index in [1.165, 1.54) is 51.4 Å². The van der Waals surface area contributed by atoms with Crippen LogP contribution in [0.1, 0.15) is 86.0 Å². The summed E-state index contributed by atoms with van der Waals surface area (Å²) in [6, 6.07) is 0. The molecule has 3 rings (SSSR count). The van der Waals surface area contributed by atoms with Crippen LogP contribution in [0.5, 0.6) is 0 Å². The van der Waals surface area contributed by atoms with Gasteiger partial charge in [0, 0.05) is 5.41 Å². The van der Waals surface area contributed by atoms with Crippen molar-refractivity contribution in [3.63, 3.8) is 0 Å². The van der Waals surface area contributed by atoms with Crippen molar-refractivity contribution in [1.29, 1.82) is 0 Å². The fourth-order valence-corrected chi connectivity index (χ4v) is 6.67. The number of fused-ring (bicyclic) bond motifs is 2. The minimum absolute atomic E-state index is 0.0705. The molecule has 1 heterocycles. The highest BCUT2D eigenvalue weighted by Gasteiger charge is 2.62. The zero-order valence-corrected chi connectivity index (χ0v) is 16.1. The van der Waals surface area contributed by atoms with Gasteiger partial charge in [-0.15, -0.1) is 0 Å². The van der Waals surface area contributed by atoms with E-state index in [9.17, 15) is 0 Å². The van der Waals surface area contributed by atoms with Gasteiger partial charge in [-0.25, -0.2) is 0 Å². The Hall–Kier alpha value is -0.0800. The molecular weight excluding hydrogens is 284 g/mol. The molecule has 0 radical (unpaired) electrons. The molecule has 3 fully saturated rings. The van der Waals surface area contributed by atoms with Crippen molar-refractivity contribution in [1.82, 2.24) is 0 Å². The highest BCUT2D eigenvalue weighted by molar-refractivity contribution is 5.11. The maximum Gasteiger partial charge on any atom is 0.0765 e. The van der Waals surface area contributed by atoms with Gasteiger partial charge in [0.15, 0.2) is 0 Å². The van der Waals surface area contributed by atoms with E-state index in [1.807, 2.05) is 0 Å². The molecule has 2 aliphatic carbocycles. The Morgan fingerprint density at radius 1 is 0.826 bits per heavy atom. The molecule has 5 atom stereocenters. The molecule has 0 unspecified atom stereocenters. The fraction of sp³-hybridized carbons (Fsp3) is 1.00. The molecule has 23 heavy (non-hydrogen) atoms. The van der Waals surface area contributed by atoms with E-state index in [2.05, 4.69) is 34.6 Å². The molecule has 2 nitrogen and oxygen atoms in total. The van der Waals surface area contributed by atoms with E-state index < -0.39 is 0 Å². The van der Waals surface area contributed by atoms with Crippen LogP contribution >= 0.6 is 0 Å². The normalized spacial score (nSPS) is 48.1. The van der Waals surface area contributed by atoms with Gasteiger partial charge in [0.05, 0.1) is 24.9 Å². The molecule has 0 aromatic carbocycles. The summed E-state index contributed by atoms with van der Waals surface area (Å²) in [5, 5.41) is 0. The van der Waals surface area contributed by atoms with E-state index in [0.29, 0.717) is 22.9 Å². The van der Waals surface area contributed by atoms with E-state index in [0.717, 1.165) is 19.1 Å². The molecule has 0 bridgehead atoms. The summed E-state index contributed by atoms with van der Waals surface area (Å²) in [5.74, 6) is 1.48. The highest BCUT2D eigenvalue weighted by atomic mass is 16.5. The van der Waals surface area contributed by atoms with Gasteiger partial charge in [0.25, 0.3) is 0 Å². The monoisotopic (exact) mass is 322 g/mol. The Bertz CT molecular complexity index is 418. The second-order valence-electron chi connectivity index (χ2n) is 9.60. The van der Waals surface area contributed by atoms with Crippen LogP contribution in [0.2, 0.25) is 0 Å². The van der Waals surface area contributed by atoms with Crippen LogP contribution in [-0.2, 0) is 9.47 Å². The molecule has 0 N–H and O–H groups in total. The largest absolute Gasteiger partial charge is 0.376 e. The first-order valence-corrected chi connectivity index (χ1v) is 10.1. The van der Waals surface area contributed by atoms with Gasteiger partial charge in [0.2, 0.25) is 0 Å². The smallest absolute Gasteiger partial charge is 0.0765 e. The van der Waals surface area contributed by atoms with Crippen molar-refractivity contribution in [3.05, 3.63) is 0 Å². The second-order valence-corrected chi connectivity index (χ2v) is 9.60. The molecule has 2 heteroatoms. The molecule has 1 spiro atoms. The lowest BCUT2D eigenvalue weighted by Gasteiger charge is -2.64. The van der Waals surface area contributed by atoms with Crippen LogP contribution in [-0.4, -0.2) is 24.9 Å². The lowest BCUT2D eigenvalue weighted by molar-refractivity contribution is -0.240. The summed E-state index contributed by atoms with van der Waals surface area (Å²) in [6.07, 6.45) is 10.9. The van der Waals surface area contributed by atoms with E-state index in [-0.39, 0.29) is 5.60 Å². The summed E-state index contributed by atoms with van der Waals surface area (Å²) in [5.41, 5.74) is 0.868. The number of hydrogen-bond acceptors (Lipinski definition) is 2. The minimum Gasteiger partial charge on any atom is -0.376 e. The minimum atomic E-state index is 0.0705. The summed E-state index contributed by atoms with van der Waals surface area (Å²) in [6.45, 7) is 13.8. The van der Waals surface area contributed by atoms with Crippen LogP contribution < -0.4 is 0 Å². The Balaban J connectivity index is 1.95. The van der Waals surface area contributed by atoms with E-state index in [4.69, 9.17) is 9.47 Å². The lowest BCUT2D eigenvalue weighted by atomic mass is 9.44. The lowest BCUT2D eigenvalue weighted by Crippen LogP contribution is -2.63. The third-order valence-corrected chi connectivity index (χ3v) is 7.88. The molecule has 0 aromatic heterocycles. The van der Waals surface area contributed by atoms with Gasteiger partial charge in [-0.3, -0.25) is 0 Å². The highest BCUT2D eigenvalue weighted by Crippen LogP contribution is 2.65. The van der Waals surface area contributed by atoms with Crippen LogP contribution in [0.3, 0.4) is 0 Å². The number of rotatable bonds is 0. The molecule has 3 aliphatic rings. The van der Waals surface area contributed by atoms with Gasteiger partial charge < -0.3 is 9.47 Å². The van der Waals surface area contributed by atoms with Crippen LogP contribution in [0.25, 0.3) is 0 Å². The topological polar surface area (TPSA) is 18.5 Å². The standard InChI is InChI=1S/C21H38O2/c1-16-9-10-18-19(3,4)11-7-12-20(18,5)21(16)13-6-8-17(2)22-14-15-23-21/h16-18H,6-15H2,1-5H3/t16-,17-,18+,20+,21-/m1/s1. The van der Waals surface area contributed by atoms with Gasteiger partial charge in [-0.1, -0.05) is 34.1 Å². The Labute approximate surface area is 143 Å². The first-order valence-electron chi connectivity index (χ1n) is 10.1. The fourth-order valence-electron chi connectivity index (χ4n) is 6.67. The predicted molar refractivity (Wildman–Crippen MR) is 95.6 cm³/mol. The first-order chi connectivity index (χ1) is 10.8. The third-order valence-electron chi connectivity index (χ3n) is 7.88. The maximum atomic E-state index is 6.79. The van der Waals surface area contributed by atoms with Crippen molar-refractivity contribution < 1.29 is 9.47 Å². The van der Waals surface area contributed by atoms with Crippen LogP contribution in [0.15, 0.2) is 0 Å². The summed E-state index contributed by atoms with van der Waals surface area (Å²) in [7, 11) is 0. The summed E-state index contributed by atoms with van der Waals surface area (Å²) in [4.78, 5) is 0. The zero-order chi connectivity index (χ0) is 16.7. The zero-order valence-electron chi connectivity index (χ0n) is 16.1. The summed E-state index contributed by atoms with van der Waals surface area (Å²) < 4.78 is 12.7. The van der Waals surface area contributed by atoms with Crippen molar-refractivity contribution in [2.45, 2.75) is 97.7 Å². The van der Waals surface area contributed by atoms with E-state index >= 15 is 0 Å². The average molecular weight is 323 g/mol. The molecule has 134 valence electrons. The van der Waals surface area contributed by atoms with Gasteiger partial charge in [-0.05, 0) is 69.1 Å². The molecular formula is C21H38O2. The third kappa shape index (κ3) is 2.88. The van der Waals surface area contributed by atoms with Crippen LogP contribution in [0.4, 0.5) is 0 Å².